The van der Waals surface area contributed by atoms with Crippen LogP contribution in [0.3, 0.4) is 0 Å². The van der Waals surface area contributed by atoms with Crippen molar-refractivity contribution in [2.75, 3.05) is 19.6 Å². The minimum atomic E-state index is -0.310. The molecule has 2 aliphatic rings. The number of amides is 2. The van der Waals surface area contributed by atoms with Gasteiger partial charge in [0.05, 0.1) is 6.54 Å². The summed E-state index contributed by atoms with van der Waals surface area (Å²) in [6.07, 6.45) is 1.95. The number of fused-ring (bicyclic) bond motifs is 1. The van der Waals surface area contributed by atoms with Crippen molar-refractivity contribution in [2.45, 2.75) is 25.9 Å². The lowest BCUT2D eigenvalue weighted by molar-refractivity contribution is -0.131. The Bertz CT molecular complexity index is 607. The molecule has 5 nitrogen and oxygen atoms in total. The Morgan fingerprint density at radius 2 is 2.17 bits per heavy atom. The van der Waals surface area contributed by atoms with E-state index in [9.17, 15) is 14.0 Å². The van der Waals surface area contributed by atoms with Crippen LogP contribution in [0.4, 0.5) is 4.39 Å². The number of carbonyl (C=O) groups excluding carboxylic acids is 2. The molecule has 124 valence electrons. The average molecular weight is 320 g/mol. The van der Waals surface area contributed by atoms with Gasteiger partial charge in [0.25, 0.3) is 0 Å². The van der Waals surface area contributed by atoms with E-state index in [-0.39, 0.29) is 36.2 Å². The quantitative estimate of drug-likeness (QED) is 0.916. The predicted molar refractivity (Wildman–Crippen MR) is 82.3 cm³/mol. The third-order valence-corrected chi connectivity index (χ3v) is 4.72. The molecular formula is C17H21FN2O3. The molecule has 1 aromatic carbocycles. The van der Waals surface area contributed by atoms with Gasteiger partial charge in [-0.15, -0.1) is 0 Å². The van der Waals surface area contributed by atoms with Crippen molar-refractivity contribution in [3.63, 3.8) is 0 Å². The molecule has 1 aliphatic carbocycles. The average Bonchev–Trinajstić information content (AvgIpc) is 3.07. The van der Waals surface area contributed by atoms with E-state index in [0.717, 1.165) is 12.8 Å². The number of rotatable bonds is 4. The Morgan fingerprint density at radius 1 is 1.35 bits per heavy atom. The van der Waals surface area contributed by atoms with Crippen LogP contribution >= 0.6 is 0 Å². The van der Waals surface area contributed by atoms with Crippen LogP contribution in [0.2, 0.25) is 0 Å². The first-order chi connectivity index (χ1) is 11.0. The van der Waals surface area contributed by atoms with Crippen LogP contribution in [0.15, 0.2) is 24.3 Å². The van der Waals surface area contributed by atoms with E-state index in [1.165, 1.54) is 19.1 Å². The molecule has 0 aromatic heterocycles. The van der Waals surface area contributed by atoms with Gasteiger partial charge in [-0.25, -0.2) is 4.39 Å². The third kappa shape index (κ3) is 3.63. The highest BCUT2D eigenvalue weighted by Gasteiger charge is 2.45. The highest BCUT2D eigenvalue weighted by atomic mass is 19.1. The van der Waals surface area contributed by atoms with Crippen molar-refractivity contribution in [1.29, 1.82) is 0 Å². The van der Waals surface area contributed by atoms with Gasteiger partial charge >= 0.3 is 0 Å². The standard InChI is InChI=1S/C17H21FN2O3/c1-11(21)19-8-17(22)20-9-12-5-6-16(15(12)10-20)23-14-4-2-3-13(18)7-14/h2-4,7,12,15-16H,5-6,8-10H2,1H3,(H,19,21)/t12-,15+,16-/m0/s1. The van der Waals surface area contributed by atoms with Gasteiger partial charge in [-0.2, -0.15) is 0 Å². The van der Waals surface area contributed by atoms with Crippen LogP contribution in [0, 0.1) is 17.7 Å². The first-order valence-corrected chi connectivity index (χ1v) is 7.97. The lowest BCUT2D eigenvalue weighted by atomic mass is 9.99. The number of nitrogens with one attached hydrogen (secondary N) is 1. The molecule has 1 aliphatic heterocycles. The van der Waals surface area contributed by atoms with Gasteiger partial charge < -0.3 is 15.0 Å². The van der Waals surface area contributed by atoms with Crippen molar-refractivity contribution < 1.29 is 18.7 Å². The zero-order valence-electron chi connectivity index (χ0n) is 13.1. The Labute approximate surface area is 134 Å². The van der Waals surface area contributed by atoms with Crippen molar-refractivity contribution >= 4 is 11.8 Å². The zero-order chi connectivity index (χ0) is 16.4. The van der Waals surface area contributed by atoms with E-state index >= 15 is 0 Å². The number of halogens is 1. The van der Waals surface area contributed by atoms with Crippen LogP contribution in [0.25, 0.3) is 0 Å². The summed E-state index contributed by atoms with van der Waals surface area (Å²) in [6, 6.07) is 6.17. The molecule has 0 spiro atoms. The molecule has 1 aromatic rings. The van der Waals surface area contributed by atoms with Crippen LogP contribution in [0.5, 0.6) is 5.75 Å². The molecule has 1 heterocycles. The summed E-state index contributed by atoms with van der Waals surface area (Å²) in [5, 5.41) is 2.54. The van der Waals surface area contributed by atoms with Crippen LogP contribution in [0.1, 0.15) is 19.8 Å². The van der Waals surface area contributed by atoms with Gasteiger partial charge in [0, 0.05) is 32.0 Å². The van der Waals surface area contributed by atoms with Crippen molar-refractivity contribution in [3.05, 3.63) is 30.1 Å². The lowest BCUT2D eigenvalue weighted by Crippen LogP contribution is -2.39. The van der Waals surface area contributed by atoms with Gasteiger partial charge in [0.2, 0.25) is 11.8 Å². The number of likely N-dealkylation sites (tertiary alicyclic amines) is 1. The van der Waals surface area contributed by atoms with Gasteiger partial charge in [-0.05, 0) is 30.9 Å². The molecule has 1 saturated heterocycles. The summed E-state index contributed by atoms with van der Waals surface area (Å²) in [5.41, 5.74) is 0. The maximum absolute atomic E-state index is 13.3. The fraction of sp³-hybridized carbons (Fsp3) is 0.529. The normalized spacial score (nSPS) is 26.0. The summed E-state index contributed by atoms with van der Waals surface area (Å²) in [5.74, 6) is 0.674. The molecule has 2 amide bonds. The summed E-state index contributed by atoms with van der Waals surface area (Å²) < 4.78 is 19.2. The highest BCUT2D eigenvalue weighted by molar-refractivity contribution is 5.83. The number of nitrogens with zero attached hydrogens (tertiary/aromatic N) is 1. The van der Waals surface area contributed by atoms with Crippen LogP contribution < -0.4 is 10.1 Å². The first kappa shape index (κ1) is 15.8. The SMILES string of the molecule is CC(=O)NCC(=O)N1C[C@@H]2CC[C@H](Oc3cccc(F)c3)[C@@H]2C1. The minimum absolute atomic E-state index is 0.0142. The molecule has 0 unspecified atom stereocenters. The van der Waals surface area contributed by atoms with Gasteiger partial charge in [0.15, 0.2) is 0 Å². The number of benzene rings is 1. The number of hydrogen-bond acceptors (Lipinski definition) is 3. The monoisotopic (exact) mass is 320 g/mol. The van der Waals surface area contributed by atoms with E-state index in [0.29, 0.717) is 24.8 Å². The van der Waals surface area contributed by atoms with Gasteiger partial charge in [-0.3, -0.25) is 9.59 Å². The molecule has 3 rings (SSSR count). The fourth-order valence-electron chi connectivity index (χ4n) is 3.59. The Hall–Kier alpha value is -2.11. The van der Waals surface area contributed by atoms with Crippen LogP contribution in [-0.4, -0.2) is 42.5 Å². The summed E-state index contributed by atoms with van der Waals surface area (Å²) >= 11 is 0. The lowest BCUT2D eigenvalue weighted by Gasteiger charge is -2.22. The number of carbonyl (C=O) groups is 2. The molecule has 1 N–H and O–H groups in total. The smallest absolute Gasteiger partial charge is 0.241 e. The molecule has 2 fully saturated rings. The second-order valence-corrected chi connectivity index (χ2v) is 6.32. The van der Waals surface area contributed by atoms with Crippen LogP contribution in [-0.2, 0) is 9.59 Å². The maximum Gasteiger partial charge on any atom is 0.241 e. The van der Waals surface area contributed by atoms with E-state index in [1.807, 2.05) is 0 Å². The molecule has 0 bridgehead atoms. The number of ether oxygens (including phenoxy) is 1. The summed E-state index contributed by atoms with van der Waals surface area (Å²) in [4.78, 5) is 24.8. The van der Waals surface area contributed by atoms with E-state index in [4.69, 9.17) is 4.74 Å². The van der Waals surface area contributed by atoms with Crippen molar-refractivity contribution in [2.24, 2.45) is 11.8 Å². The van der Waals surface area contributed by atoms with Crippen molar-refractivity contribution in [1.82, 2.24) is 10.2 Å². The Kier molecular flexibility index (Phi) is 4.50. The second kappa shape index (κ2) is 6.56. The molecular weight excluding hydrogens is 299 g/mol. The van der Waals surface area contributed by atoms with E-state index < -0.39 is 0 Å². The predicted octanol–water partition coefficient (Wildman–Crippen LogP) is 1.58. The Balaban J connectivity index is 1.58. The zero-order valence-corrected chi connectivity index (χ0v) is 13.1. The van der Waals surface area contributed by atoms with E-state index in [1.54, 1.807) is 17.0 Å². The molecule has 6 heteroatoms. The largest absolute Gasteiger partial charge is 0.490 e. The molecule has 3 atom stereocenters. The fourth-order valence-corrected chi connectivity index (χ4v) is 3.59. The van der Waals surface area contributed by atoms with Gasteiger partial charge in [-0.1, -0.05) is 6.07 Å². The topological polar surface area (TPSA) is 58.6 Å². The summed E-state index contributed by atoms with van der Waals surface area (Å²) in [6.45, 7) is 2.80. The molecule has 23 heavy (non-hydrogen) atoms. The second-order valence-electron chi connectivity index (χ2n) is 6.32. The highest BCUT2D eigenvalue weighted by Crippen LogP contribution is 2.40. The molecule has 1 saturated carbocycles. The molecule has 0 radical (unpaired) electrons. The van der Waals surface area contributed by atoms with Crippen molar-refractivity contribution in [3.8, 4) is 5.75 Å². The maximum atomic E-state index is 13.3. The first-order valence-electron chi connectivity index (χ1n) is 7.97. The number of hydrogen-bond donors (Lipinski definition) is 1. The van der Waals surface area contributed by atoms with E-state index in [2.05, 4.69) is 5.32 Å². The summed E-state index contributed by atoms with van der Waals surface area (Å²) in [7, 11) is 0. The van der Waals surface area contributed by atoms with Gasteiger partial charge in [0.1, 0.15) is 17.7 Å². The Morgan fingerprint density at radius 3 is 2.91 bits per heavy atom. The minimum Gasteiger partial charge on any atom is -0.490 e. The third-order valence-electron chi connectivity index (χ3n) is 4.72.